The van der Waals surface area contributed by atoms with Gasteiger partial charge in [-0.3, -0.25) is 62.3 Å². The molecule has 1 aliphatic heterocycles. The Balaban J connectivity index is 1.28. The van der Waals surface area contributed by atoms with Gasteiger partial charge in [0.2, 0.25) is 76.8 Å². The van der Waals surface area contributed by atoms with Crippen LogP contribution in [0.15, 0.2) is 60.8 Å². The molecule has 0 radical (unpaired) electrons. The van der Waals surface area contributed by atoms with Crippen LogP contribution in [0.2, 0.25) is 0 Å². The molecule has 37 nitrogen and oxygen atoms in total. The lowest BCUT2D eigenvalue weighted by Gasteiger charge is -2.30. The number of nitrogens with two attached hydrogens (primary N) is 2. The van der Waals surface area contributed by atoms with E-state index in [0.717, 1.165) is 10.9 Å². The minimum absolute atomic E-state index is 0.0337. The van der Waals surface area contributed by atoms with E-state index in [-0.39, 0.29) is 82.1 Å². The molecule has 1 fully saturated rings. The number of unbranched alkanes of at least 4 members (excludes halogenated alkanes) is 6. The summed E-state index contributed by atoms with van der Waals surface area (Å²) < 4.78 is 5.71. The maximum absolute atomic E-state index is 14.3. The molecule has 1 aliphatic rings. The molecule has 0 bridgehead atoms. The number of carbonyl (C=O) groups is 16. The molecule has 2 aromatic carbocycles. The molecule has 14 atom stereocenters. The quantitative estimate of drug-likeness (QED) is 0.0352. The Morgan fingerprint density at radius 3 is 1.51 bits per heavy atom. The van der Waals surface area contributed by atoms with Crippen LogP contribution in [0.1, 0.15) is 203 Å². The van der Waals surface area contributed by atoms with E-state index in [2.05, 4.69) is 58.2 Å². The van der Waals surface area contributed by atoms with E-state index in [0.29, 0.717) is 88.4 Å². The molecule has 4 rings (SSSR count). The second-order valence-corrected chi connectivity index (χ2v) is 32.4. The number of nitrogens with zero attached hydrogens (tertiary/aromatic N) is 2. The van der Waals surface area contributed by atoms with Gasteiger partial charge in [0, 0.05) is 68.8 Å². The zero-order chi connectivity index (χ0) is 89.0. The van der Waals surface area contributed by atoms with Gasteiger partial charge in [-0.25, -0.2) is 14.4 Å². The fourth-order valence-corrected chi connectivity index (χ4v) is 13.5. The number of aliphatic hydroxyl groups excluding tert-OH is 3. The highest BCUT2D eigenvalue weighted by molar-refractivity contribution is 6.00. The average molecular weight is 1680 g/mol. The lowest BCUT2D eigenvalue weighted by atomic mass is 9.96. The summed E-state index contributed by atoms with van der Waals surface area (Å²) in [6.07, 6.45) is 1.24. The molecule has 1 saturated heterocycles. The Morgan fingerprint density at radius 2 is 1.00 bits per heavy atom. The van der Waals surface area contributed by atoms with Gasteiger partial charge in [0.05, 0.1) is 25.2 Å². The number of aliphatic hydroxyl groups is 3. The van der Waals surface area contributed by atoms with Crippen molar-refractivity contribution in [2.45, 2.75) is 289 Å². The van der Waals surface area contributed by atoms with E-state index in [1.165, 1.54) is 18.7 Å². The molecule has 662 valence electrons. The highest BCUT2D eigenvalue weighted by Gasteiger charge is 2.41. The molecule has 37 heteroatoms. The summed E-state index contributed by atoms with van der Waals surface area (Å²) in [4.78, 5) is 220. The van der Waals surface area contributed by atoms with Gasteiger partial charge in [-0.05, 0) is 127 Å². The van der Waals surface area contributed by atoms with Crippen LogP contribution in [-0.4, -0.2) is 246 Å². The van der Waals surface area contributed by atoms with E-state index in [4.69, 9.17) is 16.2 Å². The zero-order valence-electron chi connectivity index (χ0n) is 70.2. The van der Waals surface area contributed by atoms with Crippen molar-refractivity contribution in [2.75, 3.05) is 26.2 Å². The van der Waals surface area contributed by atoms with E-state index in [9.17, 15) is 102 Å². The summed E-state index contributed by atoms with van der Waals surface area (Å²) in [6.45, 7) is 17.8. The number of para-hydroxylation sites is 1. The lowest BCUT2D eigenvalue weighted by molar-refractivity contribution is -0.143. The smallest absolute Gasteiger partial charge is 0.410 e. The Bertz CT molecular complexity index is 3900. The minimum atomic E-state index is -1.76. The molecular weight excluding hydrogens is 1550 g/mol. The number of rotatable bonds is 53. The van der Waals surface area contributed by atoms with Gasteiger partial charge < -0.3 is 110 Å². The van der Waals surface area contributed by atoms with Crippen LogP contribution in [-0.2, 0) is 89.5 Å². The number of carbonyl (C=O) groups excluding carboxylic acids is 14. The van der Waals surface area contributed by atoms with Crippen LogP contribution < -0.4 is 64.6 Å². The molecule has 0 unspecified atom stereocenters. The predicted molar refractivity (Wildman–Crippen MR) is 436 cm³/mol. The minimum Gasteiger partial charge on any atom is -0.480 e. The molecule has 3 aromatic rings. The van der Waals surface area contributed by atoms with E-state index in [1.54, 1.807) is 116 Å². The van der Waals surface area contributed by atoms with Crippen molar-refractivity contribution >= 4 is 106 Å². The number of nitrogens with one attached hydrogen (secondary N) is 11. The van der Waals surface area contributed by atoms with Gasteiger partial charge in [0.1, 0.15) is 72.1 Å². The normalized spacial score (nSPS) is 16.0. The number of aliphatic carboxylic acids is 2. The molecule has 119 heavy (non-hydrogen) atoms. The molecule has 14 amide bonds. The number of likely N-dealkylation sites (tertiary alicyclic amines) is 1. The molecule has 0 spiro atoms. The van der Waals surface area contributed by atoms with Crippen molar-refractivity contribution in [3.8, 4) is 0 Å². The van der Waals surface area contributed by atoms with E-state index < -0.39 is 192 Å². The molecule has 2 heterocycles. The van der Waals surface area contributed by atoms with Crippen LogP contribution in [0, 0.1) is 17.8 Å². The first-order chi connectivity index (χ1) is 56.0. The van der Waals surface area contributed by atoms with Crippen LogP contribution in [0.4, 0.5) is 4.79 Å². The summed E-state index contributed by atoms with van der Waals surface area (Å²) in [5.74, 6) is -15.1. The number of ether oxygens (including phenoxy) is 1. The second kappa shape index (κ2) is 50.2. The number of benzene rings is 2. The van der Waals surface area contributed by atoms with Gasteiger partial charge in [0.15, 0.2) is 0 Å². The Labute approximate surface area is 694 Å². The van der Waals surface area contributed by atoms with Crippen molar-refractivity contribution in [1.29, 1.82) is 0 Å². The predicted octanol–water partition coefficient (Wildman–Crippen LogP) is 1.13. The number of H-pyrrole nitrogens is 1. The molecule has 1 aromatic heterocycles. The summed E-state index contributed by atoms with van der Waals surface area (Å²) in [7, 11) is 0. The number of primary amides is 2. The fraction of sp³-hybridized carbons (Fsp3) is 0.634. The van der Waals surface area contributed by atoms with Crippen molar-refractivity contribution in [1.82, 2.24) is 68.0 Å². The van der Waals surface area contributed by atoms with E-state index in [1.807, 2.05) is 12.1 Å². The number of amides is 14. The third-order valence-electron chi connectivity index (χ3n) is 20.1. The standard InChI is InChI=1S/C82H127N15O22/c1-12-48(6)67(76(111)95-69(50(8)100)78(113)90-57(40-47(4)5)72(107)92-60(80(116)117)42-52-44-85-54-30-23-22-29-53(52)54)93-70(105)55(34-35-63(83)101)87-75(110)62-31-26-38-97(62)66(104)33-21-14-16-25-37-96(81(118)119-82(9,10)11)36-24-15-13-20-32-65(103)86-61(45-98)74(109)94-68(49(7)99)77(112)89-56(39-46(2)3)71(106)88-58(43-64(84)102)73(108)91-59(79(114)115)41-51-27-18-17-19-28-51/h17-19,22-23,27-30,44,46-50,55-62,67-69,85,98-100H,12-16,20-21,24-26,31-43,45H2,1-11H3,(H2,83,101)(H2,84,102)(H,86,103)(H,87,110)(H,88,106)(H,89,112)(H,90,113)(H,91,108)(H,92,107)(H,93,105)(H,94,109)(H,95,111)(H,114,115)(H,116,117)/t48-,49+,50+,55-,56-,57-,58-,59-,60-,61-,62-,67+,68-,69-/m0/s1. The summed E-state index contributed by atoms with van der Waals surface area (Å²) in [5.41, 5.74) is 12.0. The van der Waals surface area contributed by atoms with Crippen LogP contribution in [0.3, 0.4) is 0 Å². The summed E-state index contributed by atoms with van der Waals surface area (Å²) in [5, 5.41) is 77.4. The number of hydrogen-bond donors (Lipinski definition) is 18. The topological polar surface area (TPSA) is 578 Å². The third-order valence-corrected chi connectivity index (χ3v) is 20.1. The fourth-order valence-electron chi connectivity index (χ4n) is 13.5. The average Bonchev–Trinajstić information content (AvgIpc) is 1.73. The van der Waals surface area contributed by atoms with Gasteiger partial charge in [-0.15, -0.1) is 0 Å². The van der Waals surface area contributed by atoms with Crippen molar-refractivity contribution < 1.29 is 107 Å². The summed E-state index contributed by atoms with van der Waals surface area (Å²) >= 11 is 0. The molecule has 0 saturated carbocycles. The monoisotopic (exact) mass is 1670 g/mol. The third kappa shape index (κ3) is 35.3. The van der Waals surface area contributed by atoms with Gasteiger partial charge in [-0.1, -0.05) is 122 Å². The van der Waals surface area contributed by atoms with Crippen LogP contribution in [0.25, 0.3) is 10.9 Å². The van der Waals surface area contributed by atoms with Crippen molar-refractivity contribution in [3.63, 3.8) is 0 Å². The first kappa shape index (κ1) is 101. The number of fused-ring (bicyclic) bond motifs is 1. The Morgan fingerprint density at radius 1 is 0.529 bits per heavy atom. The number of aromatic amines is 1. The van der Waals surface area contributed by atoms with E-state index >= 15 is 0 Å². The number of carboxylic acids is 2. The largest absolute Gasteiger partial charge is 0.480 e. The van der Waals surface area contributed by atoms with Gasteiger partial charge in [-0.2, -0.15) is 0 Å². The molecule has 0 aliphatic carbocycles. The van der Waals surface area contributed by atoms with Crippen molar-refractivity contribution in [2.24, 2.45) is 29.2 Å². The number of hydrogen-bond acceptors (Lipinski definition) is 20. The van der Waals surface area contributed by atoms with Crippen LogP contribution in [0.5, 0.6) is 0 Å². The first-order valence-corrected chi connectivity index (χ1v) is 40.9. The zero-order valence-corrected chi connectivity index (χ0v) is 70.2. The lowest BCUT2D eigenvalue weighted by Crippen LogP contribution is -2.62. The maximum Gasteiger partial charge on any atom is 0.410 e. The molecular formula is C82H127N15O22. The van der Waals surface area contributed by atoms with Gasteiger partial charge in [0.25, 0.3) is 0 Å². The number of carboxylic acid groups (broad SMARTS) is 2. The Hall–Kier alpha value is -10.8. The summed E-state index contributed by atoms with van der Waals surface area (Å²) in [6, 6.07) is -0.655. The first-order valence-electron chi connectivity index (χ1n) is 40.9. The maximum atomic E-state index is 14.3. The molecule has 20 N–H and O–H groups in total. The SMILES string of the molecule is CC[C@H](C)[C@@H](NC(=O)[C@H](CCC(N)=O)NC(=O)[C@@H]1CCCN1C(=O)CCCCCCN(CCCCCCC(=O)N[C@@H](CO)C(=O)N[C@H](C(=O)N[C@@H](CC(C)C)C(=O)N[C@@H](CC(N)=O)C(=O)N[C@@H](Cc1ccccc1)C(=O)O)[C@@H](C)O)C(=O)OC(C)(C)C)C(=O)N[C@H](C(=O)N[C@@H](CC(C)C)C(=O)N[C@@H](Cc1c[nH]c2ccccc12)C(=O)O)[C@@H](C)O. The van der Waals surface area contributed by atoms with Crippen molar-refractivity contribution in [3.05, 3.63) is 71.9 Å². The second-order valence-electron chi connectivity index (χ2n) is 32.4. The van der Waals surface area contributed by atoms with Gasteiger partial charge >= 0.3 is 18.0 Å². The Kier molecular flexibility index (Phi) is 42.4. The highest BCUT2D eigenvalue weighted by atomic mass is 16.6. The number of aromatic nitrogens is 1. The highest BCUT2D eigenvalue weighted by Crippen LogP contribution is 2.24. The van der Waals surface area contributed by atoms with Crippen LogP contribution >= 0.6 is 0 Å².